The van der Waals surface area contributed by atoms with Crippen LogP contribution in [0.5, 0.6) is 0 Å². The second kappa shape index (κ2) is 4.45. The van der Waals surface area contributed by atoms with E-state index < -0.39 is 0 Å². The van der Waals surface area contributed by atoms with Gasteiger partial charge in [0.15, 0.2) is 0 Å². The monoisotopic (exact) mass is 233 g/mol. The lowest BCUT2D eigenvalue weighted by Gasteiger charge is -2.20. The maximum Gasteiger partial charge on any atom is 0.112 e. The number of fused-ring (bicyclic) bond motifs is 1. The summed E-state index contributed by atoms with van der Waals surface area (Å²) < 4.78 is 2.53. The van der Waals surface area contributed by atoms with Crippen molar-refractivity contribution in [1.29, 1.82) is 0 Å². The van der Waals surface area contributed by atoms with Gasteiger partial charge < -0.3 is 9.88 Å². The highest BCUT2D eigenvalue weighted by Crippen LogP contribution is 2.36. The SMILES string of the molecule is CC(C)n1c(C2CCCC2)nc2c1CCNC2. The molecule has 17 heavy (non-hydrogen) atoms. The zero-order valence-corrected chi connectivity index (χ0v) is 11.0. The van der Waals surface area contributed by atoms with Gasteiger partial charge in [0.25, 0.3) is 0 Å². The maximum absolute atomic E-state index is 4.95. The molecule has 0 saturated heterocycles. The molecule has 0 radical (unpaired) electrons. The Morgan fingerprint density at radius 3 is 2.76 bits per heavy atom. The third-order valence-corrected chi connectivity index (χ3v) is 4.19. The lowest BCUT2D eigenvalue weighted by molar-refractivity contribution is 0.502. The molecule has 1 aromatic rings. The minimum absolute atomic E-state index is 0.556. The quantitative estimate of drug-likeness (QED) is 0.851. The lowest BCUT2D eigenvalue weighted by Crippen LogP contribution is -2.25. The number of hydrogen-bond acceptors (Lipinski definition) is 2. The van der Waals surface area contributed by atoms with Crippen molar-refractivity contribution in [2.45, 2.75) is 64.5 Å². The summed E-state index contributed by atoms with van der Waals surface area (Å²) in [6, 6.07) is 0.556. The number of nitrogens with one attached hydrogen (secondary N) is 1. The first kappa shape index (κ1) is 11.3. The molecule has 3 nitrogen and oxygen atoms in total. The van der Waals surface area contributed by atoms with Crippen LogP contribution in [0.4, 0.5) is 0 Å². The summed E-state index contributed by atoms with van der Waals surface area (Å²) in [5.74, 6) is 2.11. The topological polar surface area (TPSA) is 29.9 Å². The molecule has 0 spiro atoms. The average Bonchev–Trinajstić information content (AvgIpc) is 2.95. The molecule has 94 valence electrons. The standard InChI is InChI=1S/C14H23N3/c1-10(2)17-13-7-8-15-9-12(13)16-14(17)11-5-3-4-6-11/h10-11,15H,3-9H2,1-2H3. The van der Waals surface area contributed by atoms with E-state index >= 15 is 0 Å². The Labute approximate surface area is 104 Å². The van der Waals surface area contributed by atoms with Crippen molar-refractivity contribution in [1.82, 2.24) is 14.9 Å². The molecule has 1 aliphatic heterocycles. The fourth-order valence-corrected chi connectivity index (χ4v) is 3.40. The number of hydrogen-bond donors (Lipinski definition) is 1. The first-order chi connectivity index (χ1) is 8.27. The molecule has 0 amide bonds. The molecular formula is C14H23N3. The van der Waals surface area contributed by atoms with Gasteiger partial charge in [0, 0.05) is 37.2 Å². The molecule has 1 fully saturated rings. The largest absolute Gasteiger partial charge is 0.329 e. The Balaban J connectivity index is 2.03. The molecule has 2 heterocycles. The second-order valence-corrected chi connectivity index (χ2v) is 5.74. The van der Waals surface area contributed by atoms with Crippen molar-refractivity contribution < 1.29 is 0 Å². The van der Waals surface area contributed by atoms with E-state index in [4.69, 9.17) is 4.98 Å². The summed E-state index contributed by atoms with van der Waals surface area (Å²) >= 11 is 0. The summed E-state index contributed by atoms with van der Waals surface area (Å²) in [7, 11) is 0. The maximum atomic E-state index is 4.95. The highest BCUT2D eigenvalue weighted by Gasteiger charge is 2.27. The van der Waals surface area contributed by atoms with Gasteiger partial charge in [-0.1, -0.05) is 12.8 Å². The van der Waals surface area contributed by atoms with Crippen molar-refractivity contribution in [3.63, 3.8) is 0 Å². The number of rotatable bonds is 2. The van der Waals surface area contributed by atoms with E-state index in [0.717, 1.165) is 25.4 Å². The van der Waals surface area contributed by atoms with Gasteiger partial charge in [0.1, 0.15) is 5.82 Å². The number of aromatic nitrogens is 2. The number of imidazole rings is 1. The zero-order chi connectivity index (χ0) is 11.8. The fourth-order valence-electron chi connectivity index (χ4n) is 3.40. The molecule has 3 heteroatoms. The first-order valence-corrected chi connectivity index (χ1v) is 7.08. The molecule has 0 unspecified atom stereocenters. The van der Waals surface area contributed by atoms with Crippen molar-refractivity contribution in [2.75, 3.05) is 6.54 Å². The zero-order valence-electron chi connectivity index (χ0n) is 11.0. The van der Waals surface area contributed by atoms with Crippen LogP contribution in [0.3, 0.4) is 0 Å². The van der Waals surface area contributed by atoms with E-state index in [0.29, 0.717) is 6.04 Å². The molecule has 0 bridgehead atoms. The predicted octanol–water partition coefficient (Wildman–Crippen LogP) is 2.77. The molecule has 0 atom stereocenters. The normalized spacial score (nSPS) is 21.1. The molecule has 1 N–H and O–H groups in total. The molecule has 0 aromatic carbocycles. The Morgan fingerprint density at radius 1 is 1.29 bits per heavy atom. The van der Waals surface area contributed by atoms with Crippen LogP contribution in [0.2, 0.25) is 0 Å². The van der Waals surface area contributed by atoms with Gasteiger partial charge >= 0.3 is 0 Å². The van der Waals surface area contributed by atoms with E-state index in [2.05, 4.69) is 23.7 Å². The van der Waals surface area contributed by atoms with E-state index in [1.807, 2.05) is 0 Å². The van der Waals surface area contributed by atoms with Gasteiger partial charge in [-0.05, 0) is 26.7 Å². The van der Waals surface area contributed by atoms with Crippen LogP contribution >= 0.6 is 0 Å². The predicted molar refractivity (Wildman–Crippen MR) is 69.2 cm³/mol. The number of nitrogens with zero attached hydrogens (tertiary/aromatic N) is 2. The van der Waals surface area contributed by atoms with Crippen LogP contribution < -0.4 is 5.32 Å². The summed E-state index contributed by atoms with van der Waals surface area (Å²) in [5.41, 5.74) is 2.81. The van der Waals surface area contributed by atoms with Gasteiger partial charge in [-0.3, -0.25) is 0 Å². The summed E-state index contributed by atoms with van der Waals surface area (Å²) in [6.45, 7) is 6.66. The van der Waals surface area contributed by atoms with Gasteiger partial charge in [0.05, 0.1) is 5.69 Å². The van der Waals surface area contributed by atoms with Gasteiger partial charge in [-0.15, -0.1) is 0 Å². The Morgan fingerprint density at radius 2 is 2.06 bits per heavy atom. The van der Waals surface area contributed by atoms with E-state index in [9.17, 15) is 0 Å². The molecule has 1 saturated carbocycles. The Kier molecular flexibility index (Phi) is 2.95. The van der Waals surface area contributed by atoms with Gasteiger partial charge in [-0.2, -0.15) is 0 Å². The van der Waals surface area contributed by atoms with Crippen LogP contribution in [0.1, 0.15) is 68.7 Å². The first-order valence-electron chi connectivity index (χ1n) is 7.08. The Bertz CT molecular complexity index is 400. The third kappa shape index (κ3) is 1.90. The van der Waals surface area contributed by atoms with E-state index in [1.165, 1.54) is 42.9 Å². The second-order valence-electron chi connectivity index (χ2n) is 5.74. The summed E-state index contributed by atoms with van der Waals surface area (Å²) in [4.78, 5) is 4.95. The smallest absolute Gasteiger partial charge is 0.112 e. The van der Waals surface area contributed by atoms with Crippen LogP contribution in [-0.4, -0.2) is 16.1 Å². The molecule has 1 aliphatic carbocycles. The highest BCUT2D eigenvalue weighted by molar-refractivity contribution is 5.23. The molecule has 1 aromatic heterocycles. The van der Waals surface area contributed by atoms with Crippen molar-refractivity contribution in [3.05, 3.63) is 17.2 Å². The summed E-state index contributed by atoms with van der Waals surface area (Å²) in [6.07, 6.45) is 6.61. The lowest BCUT2D eigenvalue weighted by atomic mass is 10.1. The van der Waals surface area contributed by atoms with Gasteiger partial charge in [-0.25, -0.2) is 4.98 Å². The average molecular weight is 233 g/mol. The molecule has 2 aliphatic rings. The minimum Gasteiger partial charge on any atom is -0.329 e. The summed E-state index contributed by atoms with van der Waals surface area (Å²) in [5, 5.41) is 3.44. The molecule has 3 rings (SSSR count). The van der Waals surface area contributed by atoms with Crippen LogP contribution in [0, 0.1) is 0 Å². The molecular weight excluding hydrogens is 210 g/mol. The fraction of sp³-hybridized carbons (Fsp3) is 0.786. The van der Waals surface area contributed by atoms with Crippen LogP contribution in [0.25, 0.3) is 0 Å². The third-order valence-electron chi connectivity index (χ3n) is 4.19. The van der Waals surface area contributed by atoms with Crippen LogP contribution in [-0.2, 0) is 13.0 Å². The van der Waals surface area contributed by atoms with Crippen molar-refractivity contribution >= 4 is 0 Å². The van der Waals surface area contributed by atoms with E-state index in [-0.39, 0.29) is 0 Å². The van der Waals surface area contributed by atoms with Crippen molar-refractivity contribution in [3.8, 4) is 0 Å². The highest BCUT2D eigenvalue weighted by atomic mass is 15.1. The minimum atomic E-state index is 0.556. The van der Waals surface area contributed by atoms with Crippen molar-refractivity contribution in [2.24, 2.45) is 0 Å². The van der Waals surface area contributed by atoms with E-state index in [1.54, 1.807) is 0 Å². The van der Waals surface area contributed by atoms with Crippen LogP contribution in [0.15, 0.2) is 0 Å². The van der Waals surface area contributed by atoms with Gasteiger partial charge in [0.2, 0.25) is 0 Å². The Hall–Kier alpha value is -0.830.